The highest BCUT2D eigenvalue weighted by atomic mass is 35.5. The lowest BCUT2D eigenvalue weighted by atomic mass is 10.1. The molecule has 6 nitrogen and oxygen atoms in total. The molecule has 0 radical (unpaired) electrons. The van der Waals surface area contributed by atoms with Crippen LogP contribution in [0.1, 0.15) is 10.4 Å². The second-order valence-corrected chi connectivity index (χ2v) is 10.9. The lowest BCUT2D eigenvalue weighted by Crippen LogP contribution is -2.27. The lowest BCUT2D eigenvalue weighted by molar-refractivity contribution is -0.113. The van der Waals surface area contributed by atoms with Crippen molar-refractivity contribution in [2.75, 3.05) is 24.7 Å². The minimum absolute atomic E-state index is 0.0992. The number of amides is 1. The summed E-state index contributed by atoms with van der Waals surface area (Å²) in [6.07, 6.45) is 0.819. The normalized spacial score (nSPS) is 13.7. The molecule has 3 heterocycles. The van der Waals surface area contributed by atoms with Gasteiger partial charge in [0, 0.05) is 33.7 Å². The first kappa shape index (κ1) is 23.4. The van der Waals surface area contributed by atoms with Crippen molar-refractivity contribution in [3.05, 3.63) is 79.4 Å². The summed E-state index contributed by atoms with van der Waals surface area (Å²) in [5.41, 5.74) is 2.30. The number of halogens is 2. The fourth-order valence-electron chi connectivity index (χ4n) is 3.93. The summed E-state index contributed by atoms with van der Waals surface area (Å²) in [6, 6.07) is 14.0. The summed E-state index contributed by atoms with van der Waals surface area (Å²) >= 11 is 14.8. The summed E-state index contributed by atoms with van der Waals surface area (Å²) in [6.45, 7) is 1.71. The molecule has 0 unspecified atom stereocenters. The fourth-order valence-corrected chi connectivity index (χ4v) is 6.33. The Morgan fingerprint density at radius 3 is 2.50 bits per heavy atom. The second kappa shape index (κ2) is 9.71. The summed E-state index contributed by atoms with van der Waals surface area (Å²) in [4.78, 5) is 35.4. The molecule has 2 aromatic heterocycles. The number of fused-ring (bicyclic) bond motifs is 3. The molecule has 10 heteroatoms. The van der Waals surface area contributed by atoms with E-state index < -0.39 is 0 Å². The van der Waals surface area contributed by atoms with Crippen molar-refractivity contribution in [1.29, 1.82) is 0 Å². The predicted molar refractivity (Wildman–Crippen MR) is 141 cm³/mol. The van der Waals surface area contributed by atoms with Gasteiger partial charge < -0.3 is 10.2 Å². The van der Waals surface area contributed by atoms with Gasteiger partial charge in [-0.15, -0.1) is 11.3 Å². The second-order valence-electron chi connectivity index (χ2n) is 8.03. The van der Waals surface area contributed by atoms with Crippen LogP contribution in [0.15, 0.2) is 58.5 Å². The van der Waals surface area contributed by atoms with Crippen LogP contribution in [0.5, 0.6) is 0 Å². The van der Waals surface area contributed by atoms with Gasteiger partial charge in [-0.05, 0) is 67.6 Å². The molecule has 2 aromatic carbocycles. The maximum atomic E-state index is 13.8. The Labute approximate surface area is 214 Å². The number of thioether (sulfide) groups is 1. The average Bonchev–Trinajstić information content (AvgIpc) is 3.17. The molecule has 1 N–H and O–H groups in total. The molecular formula is C24H20Cl2N4O2S2. The standard InChI is InChI=1S/C24H20Cl2N4O2S2/c1-29-11-10-18-19(12-29)34-22-21(18)23(32)30(17-8-4-15(26)5-9-17)24(28-22)33-13-20(31)27-16-6-2-14(25)3-7-16/h2-9H,10-13H2,1H3,(H,27,31). The van der Waals surface area contributed by atoms with E-state index in [4.69, 9.17) is 28.2 Å². The van der Waals surface area contributed by atoms with Crippen LogP contribution in [0.2, 0.25) is 10.0 Å². The molecule has 0 fully saturated rings. The van der Waals surface area contributed by atoms with E-state index in [1.54, 1.807) is 64.4 Å². The molecule has 5 rings (SSSR count). The lowest BCUT2D eigenvalue weighted by Gasteiger charge is -2.21. The van der Waals surface area contributed by atoms with E-state index in [1.807, 2.05) is 0 Å². The zero-order valence-corrected chi connectivity index (χ0v) is 21.3. The Morgan fingerprint density at radius 2 is 1.79 bits per heavy atom. The maximum absolute atomic E-state index is 13.8. The predicted octanol–water partition coefficient (Wildman–Crippen LogP) is 5.47. The molecule has 0 saturated carbocycles. The van der Waals surface area contributed by atoms with E-state index in [0.717, 1.165) is 29.9 Å². The number of rotatable bonds is 5. The minimum atomic E-state index is -0.198. The summed E-state index contributed by atoms with van der Waals surface area (Å²) < 4.78 is 1.59. The molecule has 0 spiro atoms. The van der Waals surface area contributed by atoms with Gasteiger partial charge in [-0.25, -0.2) is 4.98 Å². The highest BCUT2D eigenvalue weighted by Crippen LogP contribution is 2.34. The van der Waals surface area contributed by atoms with Crippen LogP contribution in [0.3, 0.4) is 0 Å². The van der Waals surface area contributed by atoms with E-state index in [9.17, 15) is 9.59 Å². The van der Waals surface area contributed by atoms with Crippen molar-refractivity contribution in [3.63, 3.8) is 0 Å². The van der Waals surface area contributed by atoms with E-state index in [-0.39, 0.29) is 17.2 Å². The third-order valence-electron chi connectivity index (χ3n) is 5.58. The summed E-state index contributed by atoms with van der Waals surface area (Å²) in [5.74, 6) is -0.0986. The van der Waals surface area contributed by atoms with Crippen molar-refractivity contribution in [2.24, 2.45) is 0 Å². The first-order chi connectivity index (χ1) is 16.4. The maximum Gasteiger partial charge on any atom is 0.267 e. The van der Waals surface area contributed by atoms with Crippen LogP contribution in [0, 0.1) is 0 Å². The van der Waals surface area contributed by atoms with Gasteiger partial charge in [0.1, 0.15) is 4.83 Å². The molecule has 1 aliphatic heterocycles. The Bertz CT molecular complexity index is 1430. The summed E-state index contributed by atoms with van der Waals surface area (Å²) in [7, 11) is 2.08. The molecule has 1 amide bonds. The number of carbonyl (C=O) groups excluding carboxylic acids is 1. The van der Waals surface area contributed by atoms with E-state index in [1.165, 1.54) is 16.6 Å². The van der Waals surface area contributed by atoms with Crippen molar-refractivity contribution in [3.8, 4) is 5.69 Å². The first-order valence-corrected chi connectivity index (χ1v) is 13.1. The number of nitrogens with one attached hydrogen (secondary N) is 1. The average molecular weight is 531 g/mol. The molecule has 0 saturated heterocycles. The topological polar surface area (TPSA) is 67.2 Å². The van der Waals surface area contributed by atoms with Gasteiger partial charge in [-0.3, -0.25) is 14.2 Å². The fraction of sp³-hybridized carbons (Fsp3) is 0.208. The van der Waals surface area contributed by atoms with Crippen molar-refractivity contribution in [2.45, 2.75) is 18.1 Å². The molecule has 174 valence electrons. The number of hydrogen-bond acceptors (Lipinski definition) is 6. The van der Waals surface area contributed by atoms with E-state index in [2.05, 4.69) is 17.3 Å². The SMILES string of the molecule is CN1CCc2c(sc3nc(SCC(=O)Nc4ccc(Cl)cc4)n(-c4ccc(Cl)cc4)c(=O)c23)C1. The number of thiophene rings is 1. The van der Waals surface area contributed by atoms with Gasteiger partial charge in [-0.2, -0.15) is 0 Å². The van der Waals surface area contributed by atoms with Crippen LogP contribution >= 0.6 is 46.3 Å². The first-order valence-electron chi connectivity index (χ1n) is 10.6. The van der Waals surface area contributed by atoms with Gasteiger partial charge in [0.2, 0.25) is 5.91 Å². The van der Waals surface area contributed by atoms with Gasteiger partial charge in [0.15, 0.2) is 5.16 Å². The Kier molecular flexibility index (Phi) is 6.68. The quantitative estimate of drug-likeness (QED) is 0.273. The number of aromatic nitrogens is 2. The number of likely N-dealkylation sites (N-methyl/N-ethyl adjacent to an activating group) is 1. The van der Waals surface area contributed by atoms with Gasteiger partial charge in [0.25, 0.3) is 5.56 Å². The third kappa shape index (κ3) is 4.74. The number of nitrogens with zero attached hydrogens (tertiary/aromatic N) is 3. The third-order valence-corrected chi connectivity index (χ3v) is 8.13. The van der Waals surface area contributed by atoms with Crippen LogP contribution in [0.25, 0.3) is 15.9 Å². The molecule has 0 aliphatic carbocycles. The molecular weight excluding hydrogens is 511 g/mol. The monoisotopic (exact) mass is 530 g/mol. The highest BCUT2D eigenvalue weighted by Gasteiger charge is 2.24. The van der Waals surface area contributed by atoms with Crippen LogP contribution in [0.4, 0.5) is 5.69 Å². The summed E-state index contributed by atoms with van der Waals surface area (Å²) in [5, 5.41) is 5.18. The minimum Gasteiger partial charge on any atom is -0.325 e. The van der Waals surface area contributed by atoms with Crippen molar-refractivity contribution < 1.29 is 4.79 Å². The Morgan fingerprint density at radius 1 is 1.12 bits per heavy atom. The van der Waals surface area contributed by atoms with Crippen molar-refractivity contribution >= 4 is 68.1 Å². The number of hydrogen-bond donors (Lipinski definition) is 1. The molecule has 0 atom stereocenters. The van der Waals surface area contributed by atoms with Crippen LogP contribution in [-0.2, 0) is 17.8 Å². The number of carbonyl (C=O) groups is 1. The molecule has 4 aromatic rings. The van der Waals surface area contributed by atoms with E-state index >= 15 is 0 Å². The molecule has 34 heavy (non-hydrogen) atoms. The van der Waals surface area contributed by atoms with E-state index in [0.29, 0.717) is 32.0 Å². The highest BCUT2D eigenvalue weighted by molar-refractivity contribution is 7.99. The van der Waals surface area contributed by atoms with Crippen LogP contribution in [-0.4, -0.2) is 39.7 Å². The Hall–Kier alpha value is -2.36. The molecule has 1 aliphatic rings. The van der Waals surface area contributed by atoms with Gasteiger partial charge in [0.05, 0.1) is 16.8 Å². The largest absolute Gasteiger partial charge is 0.325 e. The number of benzene rings is 2. The zero-order chi connectivity index (χ0) is 23.8. The molecule has 0 bridgehead atoms. The van der Waals surface area contributed by atoms with Gasteiger partial charge >= 0.3 is 0 Å². The van der Waals surface area contributed by atoms with Crippen molar-refractivity contribution in [1.82, 2.24) is 14.5 Å². The number of anilines is 1. The van der Waals surface area contributed by atoms with Gasteiger partial charge in [-0.1, -0.05) is 35.0 Å². The Balaban J connectivity index is 1.52. The zero-order valence-electron chi connectivity index (χ0n) is 18.2. The van der Waals surface area contributed by atoms with Crippen LogP contribution < -0.4 is 10.9 Å². The smallest absolute Gasteiger partial charge is 0.267 e.